The SMILES string of the molecule is CC(C)(C)C1CN(c2ccc(I)cc2Cl)C1. The fourth-order valence-corrected chi connectivity index (χ4v) is 2.94. The Kier molecular flexibility index (Phi) is 3.41. The summed E-state index contributed by atoms with van der Waals surface area (Å²) in [5.74, 6) is 0.780. The molecule has 0 aliphatic carbocycles. The van der Waals surface area contributed by atoms with Gasteiger partial charge in [0.05, 0.1) is 10.7 Å². The minimum absolute atomic E-state index is 0.409. The molecule has 0 radical (unpaired) electrons. The zero-order chi connectivity index (χ0) is 11.9. The number of rotatable bonds is 1. The maximum Gasteiger partial charge on any atom is 0.0650 e. The van der Waals surface area contributed by atoms with Crippen LogP contribution in [0.4, 0.5) is 5.69 Å². The molecular weight excluding hydrogens is 333 g/mol. The summed E-state index contributed by atoms with van der Waals surface area (Å²) in [7, 11) is 0. The Hall–Kier alpha value is 0.0400. The van der Waals surface area contributed by atoms with Gasteiger partial charge < -0.3 is 4.90 Å². The van der Waals surface area contributed by atoms with Crippen LogP contribution in [0.3, 0.4) is 0 Å². The standard InChI is InChI=1S/C13H17ClIN/c1-13(2,3)9-7-16(8-9)12-5-4-10(15)6-11(12)14/h4-6,9H,7-8H2,1-3H3. The summed E-state index contributed by atoms with van der Waals surface area (Å²) in [6, 6.07) is 6.27. The topological polar surface area (TPSA) is 3.24 Å². The van der Waals surface area contributed by atoms with Crippen molar-refractivity contribution in [3.05, 3.63) is 26.8 Å². The van der Waals surface area contributed by atoms with Crippen LogP contribution in [0, 0.1) is 14.9 Å². The first-order valence-electron chi connectivity index (χ1n) is 5.58. The van der Waals surface area contributed by atoms with Crippen molar-refractivity contribution in [2.75, 3.05) is 18.0 Å². The van der Waals surface area contributed by atoms with Crippen LogP contribution in [-0.2, 0) is 0 Å². The molecule has 0 amide bonds. The van der Waals surface area contributed by atoms with Gasteiger partial charge in [-0.3, -0.25) is 0 Å². The third-order valence-electron chi connectivity index (χ3n) is 3.36. The molecule has 0 unspecified atom stereocenters. The van der Waals surface area contributed by atoms with Crippen molar-refractivity contribution >= 4 is 39.9 Å². The molecule has 0 bridgehead atoms. The van der Waals surface area contributed by atoms with Crippen LogP contribution in [0.25, 0.3) is 0 Å². The van der Waals surface area contributed by atoms with Gasteiger partial charge in [0.15, 0.2) is 0 Å². The van der Waals surface area contributed by atoms with Crippen molar-refractivity contribution < 1.29 is 0 Å². The lowest BCUT2D eigenvalue weighted by molar-refractivity contribution is 0.195. The second kappa shape index (κ2) is 4.37. The Labute approximate surface area is 116 Å². The van der Waals surface area contributed by atoms with Crippen LogP contribution in [0.2, 0.25) is 5.02 Å². The fraction of sp³-hybridized carbons (Fsp3) is 0.538. The van der Waals surface area contributed by atoms with E-state index in [-0.39, 0.29) is 0 Å². The van der Waals surface area contributed by atoms with Crippen molar-refractivity contribution in [3.63, 3.8) is 0 Å². The van der Waals surface area contributed by atoms with Crippen LogP contribution in [0.1, 0.15) is 20.8 Å². The molecule has 1 nitrogen and oxygen atoms in total. The first kappa shape index (κ1) is 12.5. The number of anilines is 1. The van der Waals surface area contributed by atoms with Gasteiger partial charge in [0, 0.05) is 16.7 Å². The van der Waals surface area contributed by atoms with E-state index in [1.54, 1.807) is 0 Å². The number of hydrogen-bond donors (Lipinski definition) is 0. The van der Waals surface area contributed by atoms with Crippen molar-refractivity contribution in [2.24, 2.45) is 11.3 Å². The quantitative estimate of drug-likeness (QED) is 0.678. The maximum absolute atomic E-state index is 6.25. The van der Waals surface area contributed by atoms with E-state index >= 15 is 0 Å². The maximum atomic E-state index is 6.25. The van der Waals surface area contributed by atoms with Gasteiger partial charge in [-0.25, -0.2) is 0 Å². The predicted octanol–water partition coefficient (Wildman–Crippen LogP) is 4.43. The lowest BCUT2D eigenvalue weighted by Gasteiger charge is -2.47. The summed E-state index contributed by atoms with van der Waals surface area (Å²) in [6.45, 7) is 9.19. The minimum Gasteiger partial charge on any atom is -0.370 e. The van der Waals surface area contributed by atoms with Crippen LogP contribution in [0.5, 0.6) is 0 Å². The Morgan fingerprint density at radius 3 is 2.44 bits per heavy atom. The molecule has 2 rings (SSSR count). The predicted molar refractivity (Wildman–Crippen MR) is 79.3 cm³/mol. The third-order valence-corrected chi connectivity index (χ3v) is 4.33. The first-order valence-corrected chi connectivity index (χ1v) is 7.03. The van der Waals surface area contributed by atoms with Crippen LogP contribution in [-0.4, -0.2) is 13.1 Å². The van der Waals surface area contributed by atoms with E-state index < -0.39 is 0 Å². The highest BCUT2D eigenvalue weighted by Crippen LogP contribution is 2.39. The number of benzene rings is 1. The summed E-state index contributed by atoms with van der Waals surface area (Å²) < 4.78 is 1.19. The Morgan fingerprint density at radius 2 is 1.94 bits per heavy atom. The summed E-state index contributed by atoms with van der Waals surface area (Å²) >= 11 is 8.54. The molecule has 0 N–H and O–H groups in total. The smallest absolute Gasteiger partial charge is 0.0650 e. The van der Waals surface area contributed by atoms with Gasteiger partial charge in [0.2, 0.25) is 0 Å². The normalized spacial score (nSPS) is 17.4. The fourth-order valence-electron chi connectivity index (χ4n) is 1.96. The first-order chi connectivity index (χ1) is 7.38. The van der Waals surface area contributed by atoms with E-state index in [1.165, 1.54) is 9.26 Å². The number of nitrogens with zero attached hydrogens (tertiary/aromatic N) is 1. The second-order valence-electron chi connectivity index (χ2n) is 5.56. The highest BCUT2D eigenvalue weighted by molar-refractivity contribution is 14.1. The molecule has 1 aromatic rings. The largest absolute Gasteiger partial charge is 0.370 e. The van der Waals surface area contributed by atoms with E-state index in [9.17, 15) is 0 Å². The van der Waals surface area contributed by atoms with E-state index in [1.807, 2.05) is 6.07 Å². The van der Waals surface area contributed by atoms with E-state index in [0.29, 0.717) is 5.41 Å². The molecule has 1 saturated heterocycles. The second-order valence-corrected chi connectivity index (χ2v) is 7.22. The van der Waals surface area contributed by atoms with E-state index in [4.69, 9.17) is 11.6 Å². The number of halogens is 2. The van der Waals surface area contributed by atoms with Crippen molar-refractivity contribution in [3.8, 4) is 0 Å². The monoisotopic (exact) mass is 349 g/mol. The molecule has 0 atom stereocenters. The number of hydrogen-bond acceptors (Lipinski definition) is 1. The highest BCUT2D eigenvalue weighted by Gasteiger charge is 2.36. The summed E-state index contributed by atoms with van der Waals surface area (Å²) in [6.07, 6.45) is 0. The van der Waals surface area contributed by atoms with Crippen molar-refractivity contribution in [1.82, 2.24) is 0 Å². The Bertz CT molecular complexity index is 391. The molecule has 3 heteroatoms. The average molecular weight is 350 g/mol. The van der Waals surface area contributed by atoms with Crippen LogP contribution >= 0.6 is 34.2 Å². The molecule has 88 valence electrons. The van der Waals surface area contributed by atoms with E-state index in [2.05, 4.69) is 60.4 Å². The van der Waals surface area contributed by atoms with Gasteiger partial charge in [-0.15, -0.1) is 0 Å². The Morgan fingerprint density at radius 1 is 1.31 bits per heavy atom. The molecule has 1 heterocycles. The van der Waals surface area contributed by atoms with Gasteiger partial charge >= 0.3 is 0 Å². The molecular formula is C13H17ClIN. The van der Waals surface area contributed by atoms with Gasteiger partial charge in [0.1, 0.15) is 0 Å². The zero-order valence-corrected chi connectivity index (χ0v) is 12.8. The summed E-state index contributed by atoms with van der Waals surface area (Å²) in [4.78, 5) is 2.37. The lowest BCUT2D eigenvalue weighted by atomic mass is 9.76. The van der Waals surface area contributed by atoms with E-state index in [0.717, 1.165) is 24.0 Å². The van der Waals surface area contributed by atoms with Gasteiger partial charge in [-0.2, -0.15) is 0 Å². The minimum atomic E-state index is 0.409. The lowest BCUT2D eigenvalue weighted by Crippen LogP contribution is -2.52. The average Bonchev–Trinajstić information content (AvgIpc) is 2.03. The van der Waals surface area contributed by atoms with Crippen molar-refractivity contribution in [2.45, 2.75) is 20.8 Å². The molecule has 1 aliphatic heterocycles. The molecule has 0 aromatic heterocycles. The molecule has 0 saturated carbocycles. The van der Waals surface area contributed by atoms with Gasteiger partial charge in [-0.05, 0) is 52.1 Å². The Balaban J connectivity index is 2.07. The third kappa shape index (κ3) is 2.48. The van der Waals surface area contributed by atoms with Crippen LogP contribution in [0.15, 0.2) is 18.2 Å². The summed E-state index contributed by atoms with van der Waals surface area (Å²) in [5.41, 5.74) is 1.59. The molecule has 1 fully saturated rings. The zero-order valence-electron chi connectivity index (χ0n) is 9.93. The summed E-state index contributed by atoms with van der Waals surface area (Å²) in [5, 5.41) is 0.874. The molecule has 1 aromatic carbocycles. The van der Waals surface area contributed by atoms with Crippen molar-refractivity contribution in [1.29, 1.82) is 0 Å². The van der Waals surface area contributed by atoms with Gasteiger partial charge in [-0.1, -0.05) is 32.4 Å². The highest BCUT2D eigenvalue weighted by atomic mass is 127. The van der Waals surface area contributed by atoms with Crippen LogP contribution < -0.4 is 4.90 Å². The molecule has 1 aliphatic rings. The van der Waals surface area contributed by atoms with Gasteiger partial charge in [0.25, 0.3) is 0 Å². The molecule has 0 spiro atoms. The molecule has 16 heavy (non-hydrogen) atoms.